The molecule has 0 aliphatic heterocycles. The fourth-order valence-corrected chi connectivity index (χ4v) is 3.99. The number of aryl methyl sites for hydroxylation is 1. The maximum absolute atomic E-state index is 13.7. The second-order valence-corrected chi connectivity index (χ2v) is 8.08. The van der Waals surface area contributed by atoms with E-state index in [4.69, 9.17) is 0 Å². The van der Waals surface area contributed by atoms with Crippen molar-refractivity contribution in [2.24, 2.45) is 0 Å². The molecule has 0 radical (unpaired) electrons. The van der Waals surface area contributed by atoms with E-state index >= 15 is 0 Å². The second kappa shape index (κ2) is 8.47. The van der Waals surface area contributed by atoms with Gasteiger partial charge in [0.2, 0.25) is 0 Å². The lowest BCUT2D eigenvalue weighted by Gasteiger charge is -2.15. The van der Waals surface area contributed by atoms with Gasteiger partial charge in [0, 0.05) is 29.1 Å². The van der Waals surface area contributed by atoms with Crippen molar-refractivity contribution in [3.8, 4) is 11.3 Å². The molecule has 2 aromatic heterocycles. The average molecular weight is 441 g/mol. The van der Waals surface area contributed by atoms with Gasteiger partial charge in [-0.25, -0.2) is 4.98 Å². The first-order chi connectivity index (χ1) is 14.8. The average Bonchev–Trinajstić information content (AvgIpc) is 3.19. The van der Waals surface area contributed by atoms with Crippen LogP contribution in [0.25, 0.3) is 22.2 Å². The number of amides is 1. The summed E-state index contributed by atoms with van der Waals surface area (Å²) in [6.45, 7) is 2.15. The summed E-state index contributed by atoms with van der Waals surface area (Å²) in [7, 11) is 0. The zero-order valence-corrected chi connectivity index (χ0v) is 17.3. The fraction of sp³-hybridized carbons (Fsp3) is 0.174. The van der Waals surface area contributed by atoms with E-state index in [0.717, 1.165) is 28.0 Å². The van der Waals surface area contributed by atoms with E-state index in [1.54, 1.807) is 17.4 Å². The molecule has 0 saturated heterocycles. The SMILES string of the molecule is Cc1nc(-c2ccc(CCNC(=O)c3cnc4ccccc4c3C(F)(F)F)cc2)cs1. The lowest BCUT2D eigenvalue weighted by molar-refractivity contribution is -0.136. The monoisotopic (exact) mass is 441 g/mol. The second-order valence-electron chi connectivity index (χ2n) is 7.02. The Labute approximate surface area is 180 Å². The summed E-state index contributed by atoms with van der Waals surface area (Å²) >= 11 is 1.58. The van der Waals surface area contributed by atoms with Crippen molar-refractivity contribution in [1.29, 1.82) is 0 Å². The van der Waals surface area contributed by atoms with E-state index in [0.29, 0.717) is 6.42 Å². The van der Waals surface area contributed by atoms with Gasteiger partial charge < -0.3 is 5.32 Å². The van der Waals surface area contributed by atoms with Gasteiger partial charge in [-0.1, -0.05) is 42.5 Å². The lowest BCUT2D eigenvalue weighted by atomic mass is 10.0. The van der Waals surface area contributed by atoms with Crippen LogP contribution in [0.3, 0.4) is 0 Å². The standard InChI is InChI=1S/C23H18F3N3OS/c1-14-29-20(13-31-14)16-8-6-15(7-9-16)10-11-27-22(30)18-12-28-19-5-3-2-4-17(19)21(18)23(24,25)26/h2-9,12-13H,10-11H2,1H3,(H,27,30). The number of thiazole rings is 1. The van der Waals surface area contributed by atoms with E-state index < -0.39 is 23.2 Å². The number of hydrogen-bond donors (Lipinski definition) is 1. The van der Waals surface area contributed by atoms with Crippen molar-refractivity contribution < 1.29 is 18.0 Å². The highest BCUT2D eigenvalue weighted by Gasteiger charge is 2.37. The van der Waals surface area contributed by atoms with Gasteiger partial charge in [0.05, 0.1) is 27.3 Å². The molecule has 0 bridgehead atoms. The first kappa shape index (κ1) is 21.0. The van der Waals surface area contributed by atoms with Crippen LogP contribution in [0.15, 0.2) is 60.1 Å². The number of rotatable bonds is 5. The summed E-state index contributed by atoms with van der Waals surface area (Å²) in [6.07, 6.45) is -3.19. The van der Waals surface area contributed by atoms with Crippen LogP contribution in [0.5, 0.6) is 0 Å². The summed E-state index contributed by atoms with van der Waals surface area (Å²) < 4.78 is 41.1. The molecular formula is C23H18F3N3OS. The van der Waals surface area contributed by atoms with Crippen molar-refractivity contribution in [1.82, 2.24) is 15.3 Å². The van der Waals surface area contributed by atoms with Crippen molar-refractivity contribution >= 4 is 28.1 Å². The predicted molar refractivity (Wildman–Crippen MR) is 115 cm³/mol. The molecular weight excluding hydrogens is 423 g/mol. The van der Waals surface area contributed by atoms with Crippen molar-refractivity contribution in [3.63, 3.8) is 0 Å². The van der Waals surface area contributed by atoms with Gasteiger partial charge in [0.25, 0.3) is 5.91 Å². The number of para-hydroxylation sites is 1. The Balaban J connectivity index is 1.46. The number of carbonyl (C=O) groups is 1. The number of alkyl halides is 3. The van der Waals surface area contributed by atoms with Crippen LogP contribution in [0.2, 0.25) is 0 Å². The molecule has 0 aliphatic carbocycles. The molecule has 0 spiro atoms. The number of aromatic nitrogens is 2. The summed E-state index contributed by atoms with van der Waals surface area (Å²) in [4.78, 5) is 21.0. The molecule has 0 aliphatic rings. The molecule has 0 saturated carbocycles. The Bertz CT molecular complexity index is 1230. The molecule has 8 heteroatoms. The molecule has 4 aromatic rings. The van der Waals surface area contributed by atoms with E-state index in [1.165, 1.54) is 18.2 Å². The third kappa shape index (κ3) is 4.59. The quantitative estimate of drug-likeness (QED) is 0.435. The molecule has 4 nitrogen and oxygen atoms in total. The Morgan fingerprint density at radius 2 is 1.84 bits per heavy atom. The highest BCUT2D eigenvalue weighted by Crippen LogP contribution is 2.36. The number of nitrogens with one attached hydrogen (secondary N) is 1. The lowest BCUT2D eigenvalue weighted by Crippen LogP contribution is -2.28. The normalized spacial score (nSPS) is 11.6. The van der Waals surface area contributed by atoms with Gasteiger partial charge in [-0.3, -0.25) is 9.78 Å². The Hall–Kier alpha value is -3.26. The molecule has 4 rings (SSSR count). The first-order valence-electron chi connectivity index (χ1n) is 9.57. The van der Waals surface area contributed by atoms with Gasteiger partial charge >= 0.3 is 6.18 Å². The molecule has 31 heavy (non-hydrogen) atoms. The topological polar surface area (TPSA) is 54.9 Å². The number of carbonyl (C=O) groups excluding carboxylic acids is 1. The summed E-state index contributed by atoms with van der Waals surface area (Å²) in [5, 5.41) is 5.47. The Morgan fingerprint density at radius 1 is 1.10 bits per heavy atom. The highest BCUT2D eigenvalue weighted by molar-refractivity contribution is 7.09. The van der Waals surface area contributed by atoms with Gasteiger partial charge in [-0.15, -0.1) is 11.3 Å². The maximum atomic E-state index is 13.7. The predicted octanol–water partition coefficient (Wildman–Crippen LogP) is 5.66. The molecule has 1 amide bonds. The van der Waals surface area contributed by atoms with Crippen LogP contribution in [0.4, 0.5) is 13.2 Å². The van der Waals surface area contributed by atoms with Crippen molar-refractivity contribution in [2.45, 2.75) is 19.5 Å². The minimum Gasteiger partial charge on any atom is -0.352 e. The van der Waals surface area contributed by atoms with Gasteiger partial charge in [-0.2, -0.15) is 13.2 Å². The van der Waals surface area contributed by atoms with Gasteiger partial charge in [-0.05, 0) is 25.0 Å². The summed E-state index contributed by atoms with van der Waals surface area (Å²) in [5.74, 6) is -0.792. The molecule has 2 heterocycles. The number of benzene rings is 2. The number of nitrogens with zero attached hydrogens (tertiary/aromatic N) is 2. The van der Waals surface area contributed by atoms with Crippen LogP contribution >= 0.6 is 11.3 Å². The third-order valence-corrected chi connectivity index (χ3v) is 5.65. The van der Waals surface area contributed by atoms with Gasteiger partial charge in [0.15, 0.2) is 0 Å². The minimum atomic E-state index is -4.67. The Morgan fingerprint density at radius 3 is 2.52 bits per heavy atom. The number of fused-ring (bicyclic) bond motifs is 1. The Kier molecular flexibility index (Phi) is 5.73. The minimum absolute atomic E-state index is 0.0875. The van der Waals surface area contributed by atoms with E-state index in [2.05, 4.69) is 15.3 Å². The van der Waals surface area contributed by atoms with Crippen molar-refractivity contribution in [2.75, 3.05) is 6.54 Å². The zero-order valence-electron chi connectivity index (χ0n) is 16.5. The molecule has 0 fully saturated rings. The van der Waals surface area contributed by atoms with Crippen LogP contribution in [0, 0.1) is 6.92 Å². The molecule has 2 aromatic carbocycles. The van der Waals surface area contributed by atoms with Crippen LogP contribution < -0.4 is 5.32 Å². The van der Waals surface area contributed by atoms with E-state index in [9.17, 15) is 18.0 Å². The smallest absolute Gasteiger partial charge is 0.352 e. The van der Waals surface area contributed by atoms with Crippen LogP contribution in [-0.2, 0) is 12.6 Å². The van der Waals surface area contributed by atoms with Crippen LogP contribution in [-0.4, -0.2) is 22.4 Å². The zero-order chi connectivity index (χ0) is 22.0. The van der Waals surface area contributed by atoms with E-state index in [-0.39, 0.29) is 17.4 Å². The van der Waals surface area contributed by atoms with Crippen LogP contribution in [0.1, 0.15) is 26.5 Å². The van der Waals surface area contributed by atoms with E-state index in [1.807, 2.05) is 36.6 Å². The third-order valence-electron chi connectivity index (χ3n) is 4.87. The molecule has 0 atom stereocenters. The fourth-order valence-electron chi connectivity index (χ4n) is 3.37. The van der Waals surface area contributed by atoms with Gasteiger partial charge in [0.1, 0.15) is 0 Å². The highest BCUT2D eigenvalue weighted by atomic mass is 32.1. The molecule has 1 N–H and O–H groups in total. The first-order valence-corrected chi connectivity index (χ1v) is 10.5. The largest absolute Gasteiger partial charge is 0.417 e. The summed E-state index contributed by atoms with van der Waals surface area (Å²) in [5.41, 5.74) is 1.63. The number of halogens is 3. The van der Waals surface area contributed by atoms with Crippen molar-refractivity contribution in [3.05, 3.63) is 81.8 Å². The maximum Gasteiger partial charge on any atom is 0.417 e. The molecule has 158 valence electrons. The number of hydrogen-bond acceptors (Lipinski definition) is 4. The number of pyridine rings is 1. The summed E-state index contributed by atoms with van der Waals surface area (Å²) in [6, 6.07) is 13.7. The molecule has 0 unspecified atom stereocenters.